The molecule has 0 saturated carbocycles. The van der Waals surface area contributed by atoms with Gasteiger partial charge in [-0.05, 0) is 12.5 Å². The fourth-order valence-electron chi connectivity index (χ4n) is 0.772. The molecule has 0 aliphatic carbocycles. The van der Waals surface area contributed by atoms with Crippen LogP contribution in [-0.4, -0.2) is 32.7 Å². The second kappa shape index (κ2) is 10.8. The molecular formula is C7H17NO2Si2. The van der Waals surface area contributed by atoms with Crippen LogP contribution < -0.4 is 0 Å². The Balaban J connectivity index is 2.78. The van der Waals surface area contributed by atoms with E-state index in [2.05, 4.69) is 6.55 Å². The van der Waals surface area contributed by atoms with Crippen LogP contribution in [-0.2, 0) is 8.85 Å². The second-order valence-electron chi connectivity index (χ2n) is 2.42. The Morgan fingerprint density at radius 3 is 2.92 bits per heavy atom. The van der Waals surface area contributed by atoms with Gasteiger partial charge in [0.1, 0.15) is 19.5 Å². The van der Waals surface area contributed by atoms with Crippen molar-refractivity contribution < 1.29 is 8.85 Å². The number of nitrogens with zero attached hydrogens (tertiary/aromatic N) is 1. The monoisotopic (exact) mass is 203 g/mol. The smallest absolute Gasteiger partial charge is 0.146 e. The van der Waals surface area contributed by atoms with Gasteiger partial charge in [-0.3, -0.25) is 0 Å². The summed E-state index contributed by atoms with van der Waals surface area (Å²) in [6.45, 7) is 3.54. The maximum Gasteiger partial charge on any atom is 0.146 e. The van der Waals surface area contributed by atoms with Crippen molar-refractivity contribution >= 4 is 19.5 Å². The number of hydrogen-bond acceptors (Lipinski definition) is 3. The fourth-order valence-corrected chi connectivity index (χ4v) is 3.15. The lowest BCUT2D eigenvalue weighted by Crippen LogP contribution is -2.02. The Morgan fingerprint density at radius 1 is 1.42 bits per heavy atom. The highest BCUT2D eigenvalue weighted by molar-refractivity contribution is 6.41. The van der Waals surface area contributed by atoms with Gasteiger partial charge >= 0.3 is 0 Å². The molecule has 0 N–H and O–H groups in total. The topological polar surface area (TPSA) is 42.2 Å². The molecule has 0 bridgehead atoms. The molecule has 0 heterocycles. The summed E-state index contributed by atoms with van der Waals surface area (Å²) in [7, 11) is -0.367. The Labute approximate surface area is 78.9 Å². The molecule has 0 rings (SSSR count). The van der Waals surface area contributed by atoms with Gasteiger partial charge in [-0.1, -0.05) is 6.55 Å². The summed E-state index contributed by atoms with van der Waals surface area (Å²) >= 11 is 0. The van der Waals surface area contributed by atoms with E-state index in [9.17, 15) is 0 Å². The van der Waals surface area contributed by atoms with E-state index in [1.807, 2.05) is 6.07 Å². The molecule has 0 aromatic carbocycles. The Hall–Kier alpha value is -0.156. The maximum absolute atomic E-state index is 8.20. The molecule has 0 saturated heterocycles. The zero-order valence-electron chi connectivity index (χ0n) is 7.71. The molecule has 5 heteroatoms. The minimum absolute atomic E-state index is 0.156. The molecule has 0 amide bonds. The predicted molar refractivity (Wildman–Crippen MR) is 54.5 cm³/mol. The Kier molecular flexibility index (Phi) is 10.7. The van der Waals surface area contributed by atoms with E-state index in [1.165, 1.54) is 6.04 Å². The first-order valence-corrected chi connectivity index (χ1v) is 8.01. The van der Waals surface area contributed by atoms with Crippen LogP contribution in [0.15, 0.2) is 0 Å². The standard InChI is InChI=1S/C7H17NO2Si2/c1-11-10-12-7-3-6-9-5-2-4-8/h2-3,5-7,11-12H2,1H3. The zero-order valence-corrected chi connectivity index (χ0v) is 10.5. The van der Waals surface area contributed by atoms with Crippen molar-refractivity contribution in [3.8, 4) is 6.07 Å². The van der Waals surface area contributed by atoms with E-state index < -0.39 is 0 Å². The molecule has 0 unspecified atom stereocenters. The van der Waals surface area contributed by atoms with Crippen molar-refractivity contribution in [3.05, 3.63) is 0 Å². The molecule has 0 radical (unpaired) electrons. The maximum atomic E-state index is 8.20. The Bertz CT molecular complexity index is 127. The van der Waals surface area contributed by atoms with E-state index >= 15 is 0 Å². The van der Waals surface area contributed by atoms with Gasteiger partial charge < -0.3 is 8.85 Å². The summed E-state index contributed by atoms with van der Waals surface area (Å²) in [5.41, 5.74) is 0. The van der Waals surface area contributed by atoms with E-state index in [0.717, 1.165) is 13.0 Å². The number of ether oxygens (including phenoxy) is 1. The van der Waals surface area contributed by atoms with E-state index in [4.69, 9.17) is 14.1 Å². The molecule has 0 aliphatic heterocycles. The fraction of sp³-hybridized carbons (Fsp3) is 0.857. The normalized spacial score (nSPS) is 11.7. The molecular weight excluding hydrogens is 186 g/mol. The summed E-state index contributed by atoms with van der Waals surface area (Å²) in [5, 5.41) is 8.20. The van der Waals surface area contributed by atoms with Gasteiger partial charge in [0.2, 0.25) is 0 Å². The van der Waals surface area contributed by atoms with E-state index in [1.54, 1.807) is 0 Å². The minimum Gasteiger partial charge on any atom is -0.465 e. The largest absolute Gasteiger partial charge is 0.465 e. The molecule has 0 fully saturated rings. The predicted octanol–water partition coefficient (Wildman–Crippen LogP) is -0.0426. The Morgan fingerprint density at radius 2 is 2.25 bits per heavy atom. The van der Waals surface area contributed by atoms with Crippen LogP contribution in [0, 0.1) is 11.3 Å². The first kappa shape index (κ1) is 11.8. The van der Waals surface area contributed by atoms with Crippen molar-refractivity contribution in [2.45, 2.75) is 25.4 Å². The van der Waals surface area contributed by atoms with Crippen LogP contribution in [0.25, 0.3) is 0 Å². The van der Waals surface area contributed by atoms with Gasteiger partial charge in [0.25, 0.3) is 0 Å². The van der Waals surface area contributed by atoms with Crippen LogP contribution >= 0.6 is 0 Å². The molecule has 0 spiro atoms. The van der Waals surface area contributed by atoms with Crippen molar-refractivity contribution in [2.75, 3.05) is 13.2 Å². The minimum atomic E-state index is -0.211. The average molecular weight is 203 g/mol. The molecule has 0 aliphatic rings. The summed E-state index contributed by atoms with van der Waals surface area (Å²) in [6, 6.07) is 3.26. The van der Waals surface area contributed by atoms with Crippen LogP contribution in [0.5, 0.6) is 0 Å². The number of hydrogen-bond donors (Lipinski definition) is 0. The van der Waals surface area contributed by atoms with Crippen LogP contribution in [0.2, 0.25) is 12.6 Å². The van der Waals surface area contributed by atoms with E-state index in [-0.39, 0.29) is 19.5 Å². The highest BCUT2D eigenvalue weighted by atomic mass is 28.3. The van der Waals surface area contributed by atoms with Crippen molar-refractivity contribution in [1.29, 1.82) is 5.26 Å². The van der Waals surface area contributed by atoms with Crippen molar-refractivity contribution in [2.24, 2.45) is 0 Å². The lowest BCUT2D eigenvalue weighted by Gasteiger charge is -2.01. The lowest BCUT2D eigenvalue weighted by atomic mass is 10.5. The van der Waals surface area contributed by atoms with Crippen molar-refractivity contribution in [3.63, 3.8) is 0 Å². The zero-order chi connectivity index (χ0) is 9.07. The molecule has 0 atom stereocenters. The van der Waals surface area contributed by atoms with E-state index in [0.29, 0.717) is 13.0 Å². The molecule has 3 nitrogen and oxygen atoms in total. The highest BCUT2D eigenvalue weighted by Crippen LogP contribution is 1.91. The van der Waals surface area contributed by atoms with Gasteiger partial charge in [0, 0.05) is 6.61 Å². The highest BCUT2D eigenvalue weighted by Gasteiger charge is 1.90. The summed E-state index contributed by atoms with van der Waals surface area (Å²) < 4.78 is 10.6. The lowest BCUT2D eigenvalue weighted by molar-refractivity contribution is 0.140. The number of nitriles is 1. The van der Waals surface area contributed by atoms with Gasteiger partial charge in [0.15, 0.2) is 0 Å². The number of rotatable bonds is 8. The average Bonchev–Trinajstić information content (AvgIpc) is 2.10. The molecule has 12 heavy (non-hydrogen) atoms. The van der Waals surface area contributed by atoms with Gasteiger partial charge in [-0.2, -0.15) is 5.26 Å². The van der Waals surface area contributed by atoms with Crippen molar-refractivity contribution in [1.82, 2.24) is 0 Å². The van der Waals surface area contributed by atoms with Gasteiger partial charge in [-0.15, -0.1) is 0 Å². The first-order chi connectivity index (χ1) is 5.91. The summed E-state index contributed by atoms with van der Waals surface area (Å²) in [6.07, 6.45) is 1.61. The molecule has 70 valence electrons. The summed E-state index contributed by atoms with van der Waals surface area (Å²) in [5.74, 6) is 0. The SMILES string of the molecule is C[SiH2]O[SiH2]CCCOCCC#N. The third-order valence-electron chi connectivity index (χ3n) is 1.39. The summed E-state index contributed by atoms with van der Waals surface area (Å²) in [4.78, 5) is 0. The first-order valence-electron chi connectivity index (χ1n) is 4.44. The third-order valence-corrected chi connectivity index (χ3v) is 4.97. The van der Waals surface area contributed by atoms with Crippen LogP contribution in [0.1, 0.15) is 12.8 Å². The van der Waals surface area contributed by atoms with Crippen LogP contribution in [0.4, 0.5) is 0 Å². The van der Waals surface area contributed by atoms with Gasteiger partial charge in [-0.25, -0.2) is 0 Å². The molecule has 0 aromatic heterocycles. The third kappa shape index (κ3) is 9.84. The molecule has 0 aromatic rings. The second-order valence-corrected chi connectivity index (χ2v) is 5.75. The van der Waals surface area contributed by atoms with Gasteiger partial charge in [0.05, 0.1) is 19.1 Å². The van der Waals surface area contributed by atoms with Crippen LogP contribution in [0.3, 0.4) is 0 Å². The quantitative estimate of drug-likeness (QED) is 0.410.